The maximum Gasteiger partial charge on any atom is 0.316 e. The summed E-state index contributed by atoms with van der Waals surface area (Å²) < 4.78 is 23.0. The lowest BCUT2D eigenvalue weighted by Crippen LogP contribution is -2.32. The van der Waals surface area contributed by atoms with Gasteiger partial charge in [-0.05, 0) is 143 Å². The highest BCUT2D eigenvalue weighted by molar-refractivity contribution is 5.82. The number of rotatable bonds is 6. The fourth-order valence-electron chi connectivity index (χ4n) is 4.08. The predicted molar refractivity (Wildman–Crippen MR) is 171 cm³/mol. The second-order valence-electron chi connectivity index (χ2n) is 15.8. The number of benzene rings is 2. The molecule has 0 fully saturated rings. The van der Waals surface area contributed by atoms with E-state index in [0.717, 1.165) is 16.7 Å². The van der Waals surface area contributed by atoms with Crippen molar-refractivity contribution in [3.05, 3.63) is 47.0 Å². The van der Waals surface area contributed by atoms with E-state index >= 15 is 0 Å². The van der Waals surface area contributed by atoms with Gasteiger partial charge in [0.05, 0.1) is 21.7 Å². The van der Waals surface area contributed by atoms with Crippen LogP contribution in [0.25, 0.3) is 0 Å². The molecular weight excluding hydrogens is 574 g/mol. The smallest absolute Gasteiger partial charge is 0.316 e. The van der Waals surface area contributed by atoms with Gasteiger partial charge in [-0.3, -0.25) is 19.2 Å². The molecule has 9 heteroatoms. The SMILES string of the molecule is CC(C)(C)C(=O)Oc1ccc(CC2NCCc3cc(OC(=O)C(C)(C)C)c(OC(=O)C(C)(C)C)cc32)cc1OC(=O)C(C)(C)C. The molecule has 0 bridgehead atoms. The maximum absolute atomic E-state index is 12.9. The molecule has 0 radical (unpaired) electrons. The maximum atomic E-state index is 12.9. The van der Waals surface area contributed by atoms with E-state index in [9.17, 15) is 19.2 Å². The lowest BCUT2D eigenvalue weighted by Gasteiger charge is -2.29. The molecule has 1 heterocycles. The largest absolute Gasteiger partial charge is 0.422 e. The van der Waals surface area contributed by atoms with Crippen molar-refractivity contribution in [2.24, 2.45) is 21.7 Å². The molecular formula is C36H49NO8. The Balaban J connectivity index is 2.03. The molecule has 0 spiro atoms. The monoisotopic (exact) mass is 623 g/mol. The van der Waals surface area contributed by atoms with Crippen LogP contribution in [-0.4, -0.2) is 30.4 Å². The molecule has 0 saturated carbocycles. The predicted octanol–water partition coefficient (Wildman–Crippen LogP) is 6.92. The van der Waals surface area contributed by atoms with Crippen molar-refractivity contribution in [3.8, 4) is 23.0 Å². The second-order valence-corrected chi connectivity index (χ2v) is 15.8. The van der Waals surface area contributed by atoms with Crippen molar-refractivity contribution >= 4 is 23.9 Å². The molecule has 1 unspecified atom stereocenters. The number of carbonyl (C=O) groups is 4. The molecule has 1 N–H and O–H groups in total. The van der Waals surface area contributed by atoms with Crippen LogP contribution in [0.5, 0.6) is 23.0 Å². The summed E-state index contributed by atoms with van der Waals surface area (Å²) in [6.45, 7) is 21.7. The van der Waals surface area contributed by atoms with Crippen molar-refractivity contribution in [3.63, 3.8) is 0 Å². The highest BCUT2D eigenvalue weighted by Gasteiger charge is 2.32. The zero-order valence-corrected chi connectivity index (χ0v) is 28.9. The Labute approximate surface area is 267 Å². The normalized spacial score (nSPS) is 15.5. The number of carbonyl (C=O) groups excluding carboxylic acids is 4. The Morgan fingerprint density at radius 1 is 0.600 bits per heavy atom. The van der Waals surface area contributed by atoms with E-state index in [1.165, 1.54) is 0 Å². The number of nitrogens with one attached hydrogen (secondary N) is 1. The molecule has 2 aromatic carbocycles. The van der Waals surface area contributed by atoms with Gasteiger partial charge in [0.2, 0.25) is 0 Å². The fraction of sp³-hybridized carbons (Fsp3) is 0.556. The first-order valence-electron chi connectivity index (χ1n) is 15.4. The molecule has 45 heavy (non-hydrogen) atoms. The van der Waals surface area contributed by atoms with E-state index in [0.29, 0.717) is 19.4 Å². The Kier molecular flexibility index (Phi) is 10.3. The summed E-state index contributed by atoms with van der Waals surface area (Å²) in [6.07, 6.45) is 1.16. The summed E-state index contributed by atoms with van der Waals surface area (Å²) in [5, 5.41) is 3.53. The average Bonchev–Trinajstić information content (AvgIpc) is 2.88. The standard InChI is InChI=1S/C36H49NO8/c1-33(2,3)29(38)42-25-14-13-21(18-26(25)43-30(39)34(4,5)6)17-24-23-20-28(45-32(41)36(10,11)12)27(19-22(23)15-16-37-24)44-31(40)35(7,8)9/h13-14,18-20,24,37H,15-17H2,1-12H3. The molecule has 246 valence electrons. The Bertz CT molecular complexity index is 1460. The van der Waals surface area contributed by atoms with E-state index in [1.807, 2.05) is 6.07 Å². The third-order valence-corrected chi connectivity index (χ3v) is 7.07. The van der Waals surface area contributed by atoms with Crippen LogP contribution in [0, 0.1) is 21.7 Å². The summed E-state index contributed by atoms with van der Waals surface area (Å²) in [5.41, 5.74) is -0.394. The van der Waals surface area contributed by atoms with E-state index in [2.05, 4.69) is 5.32 Å². The molecule has 1 aliphatic heterocycles. The average molecular weight is 624 g/mol. The quantitative estimate of drug-likeness (QED) is 0.270. The minimum atomic E-state index is -0.780. The van der Waals surface area contributed by atoms with Crippen LogP contribution in [0.4, 0.5) is 0 Å². The first-order chi connectivity index (χ1) is 20.5. The van der Waals surface area contributed by atoms with E-state index < -0.39 is 45.5 Å². The first-order valence-corrected chi connectivity index (χ1v) is 15.4. The number of hydrogen-bond acceptors (Lipinski definition) is 9. The van der Waals surface area contributed by atoms with Gasteiger partial charge in [-0.1, -0.05) is 6.07 Å². The topological polar surface area (TPSA) is 117 Å². The molecule has 0 saturated heterocycles. The summed E-state index contributed by atoms with van der Waals surface area (Å²) in [5.74, 6) is -1.12. The number of esters is 4. The summed E-state index contributed by atoms with van der Waals surface area (Å²) in [7, 11) is 0. The van der Waals surface area contributed by atoms with Gasteiger partial charge >= 0.3 is 23.9 Å². The fourth-order valence-corrected chi connectivity index (χ4v) is 4.08. The van der Waals surface area contributed by atoms with Crippen molar-refractivity contribution in [1.82, 2.24) is 5.32 Å². The Morgan fingerprint density at radius 2 is 1.00 bits per heavy atom. The Morgan fingerprint density at radius 3 is 1.44 bits per heavy atom. The number of ether oxygens (including phenoxy) is 4. The summed E-state index contributed by atoms with van der Waals surface area (Å²) in [4.78, 5) is 51.3. The molecule has 0 amide bonds. The number of hydrogen-bond donors (Lipinski definition) is 1. The van der Waals surface area contributed by atoms with Crippen molar-refractivity contribution in [2.75, 3.05) is 6.54 Å². The Hall–Kier alpha value is -3.72. The van der Waals surface area contributed by atoms with Gasteiger partial charge in [0.15, 0.2) is 23.0 Å². The lowest BCUT2D eigenvalue weighted by molar-refractivity contribution is -0.145. The zero-order chi connectivity index (χ0) is 34.1. The molecule has 1 atom stereocenters. The molecule has 0 aliphatic carbocycles. The zero-order valence-electron chi connectivity index (χ0n) is 28.9. The van der Waals surface area contributed by atoms with Crippen molar-refractivity contribution in [1.29, 1.82) is 0 Å². The third-order valence-electron chi connectivity index (χ3n) is 7.07. The van der Waals surface area contributed by atoms with E-state index in [4.69, 9.17) is 18.9 Å². The molecule has 2 aromatic rings. The lowest BCUT2D eigenvalue weighted by atomic mass is 9.89. The molecule has 0 aromatic heterocycles. The van der Waals surface area contributed by atoms with Crippen LogP contribution in [-0.2, 0) is 32.0 Å². The van der Waals surface area contributed by atoms with Gasteiger partial charge in [-0.25, -0.2) is 0 Å². The minimum absolute atomic E-state index is 0.158. The van der Waals surface area contributed by atoms with Gasteiger partial charge in [0.25, 0.3) is 0 Å². The van der Waals surface area contributed by atoms with Crippen LogP contribution in [0.15, 0.2) is 30.3 Å². The van der Waals surface area contributed by atoms with Gasteiger partial charge in [-0.2, -0.15) is 0 Å². The van der Waals surface area contributed by atoms with Crippen LogP contribution in [0.2, 0.25) is 0 Å². The van der Waals surface area contributed by atoms with E-state index in [-0.39, 0.29) is 29.0 Å². The molecule has 3 rings (SSSR count). The molecule has 9 nitrogen and oxygen atoms in total. The molecule has 1 aliphatic rings. The van der Waals surface area contributed by atoms with Crippen LogP contribution < -0.4 is 24.3 Å². The van der Waals surface area contributed by atoms with Gasteiger partial charge in [0, 0.05) is 6.04 Å². The minimum Gasteiger partial charge on any atom is -0.422 e. The highest BCUT2D eigenvalue weighted by atomic mass is 16.6. The second kappa shape index (κ2) is 12.9. The number of fused-ring (bicyclic) bond motifs is 1. The summed E-state index contributed by atoms with van der Waals surface area (Å²) >= 11 is 0. The third kappa shape index (κ3) is 9.39. The van der Waals surface area contributed by atoms with Crippen molar-refractivity contribution in [2.45, 2.75) is 102 Å². The summed E-state index contributed by atoms with van der Waals surface area (Å²) in [6, 6.07) is 8.52. The van der Waals surface area contributed by atoms with Crippen LogP contribution in [0.1, 0.15) is 106 Å². The van der Waals surface area contributed by atoms with Crippen LogP contribution >= 0.6 is 0 Å². The van der Waals surface area contributed by atoms with Gasteiger partial charge < -0.3 is 24.3 Å². The first kappa shape index (κ1) is 35.8. The van der Waals surface area contributed by atoms with Gasteiger partial charge in [0.1, 0.15) is 0 Å². The van der Waals surface area contributed by atoms with Gasteiger partial charge in [-0.15, -0.1) is 0 Å². The van der Waals surface area contributed by atoms with Crippen LogP contribution in [0.3, 0.4) is 0 Å². The van der Waals surface area contributed by atoms with Crippen molar-refractivity contribution < 1.29 is 38.1 Å². The highest BCUT2D eigenvalue weighted by Crippen LogP contribution is 2.40. The van der Waals surface area contributed by atoms with E-state index in [1.54, 1.807) is 107 Å².